The molecule has 1 fully saturated rings. The van der Waals surface area contributed by atoms with Gasteiger partial charge in [0.2, 0.25) is 0 Å². The van der Waals surface area contributed by atoms with E-state index in [0.29, 0.717) is 5.41 Å². The molecule has 1 saturated heterocycles. The molecule has 0 aromatic rings. The molecular formula is C10H21N3. The summed E-state index contributed by atoms with van der Waals surface area (Å²) < 4.78 is 0. The van der Waals surface area contributed by atoms with E-state index in [0.717, 1.165) is 19.0 Å². The van der Waals surface area contributed by atoms with Crippen LogP contribution in [0.1, 0.15) is 33.6 Å². The number of likely N-dealkylation sites (tertiary alicyclic amines) is 1. The zero-order chi connectivity index (χ0) is 10.1. The van der Waals surface area contributed by atoms with Crippen LogP contribution >= 0.6 is 0 Å². The predicted octanol–water partition coefficient (Wildman–Crippen LogP) is 1.64. The van der Waals surface area contributed by atoms with Crippen molar-refractivity contribution in [3.8, 4) is 0 Å². The summed E-state index contributed by atoms with van der Waals surface area (Å²) >= 11 is 0. The van der Waals surface area contributed by atoms with E-state index >= 15 is 0 Å². The van der Waals surface area contributed by atoms with Gasteiger partial charge in [-0.25, -0.2) is 0 Å². The van der Waals surface area contributed by atoms with Crippen LogP contribution in [0.25, 0.3) is 0 Å². The molecule has 3 N–H and O–H groups in total. The Hall–Kier alpha value is -0.730. The van der Waals surface area contributed by atoms with Crippen molar-refractivity contribution in [1.29, 1.82) is 5.41 Å². The molecule has 0 amide bonds. The Morgan fingerprint density at radius 1 is 1.54 bits per heavy atom. The van der Waals surface area contributed by atoms with Gasteiger partial charge in [0.25, 0.3) is 0 Å². The summed E-state index contributed by atoms with van der Waals surface area (Å²) in [7, 11) is 0. The fourth-order valence-electron chi connectivity index (χ4n) is 2.08. The zero-order valence-corrected chi connectivity index (χ0v) is 8.93. The quantitative estimate of drug-likeness (QED) is 0.479. The summed E-state index contributed by atoms with van der Waals surface area (Å²) in [5.41, 5.74) is 5.83. The molecule has 1 rings (SSSR count). The number of nitrogens with two attached hydrogens (primary N) is 1. The van der Waals surface area contributed by atoms with Gasteiger partial charge in [0, 0.05) is 13.1 Å². The number of hydrogen-bond donors (Lipinski definition) is 2. The lowest BCUT2D eigenvalue weighted by atomic mass is 9.84. The van der Waals surface area contributed by atoms with Crippen molar-refractivity contribution < 1.29 is 0 Å². The van der Waals surface area contributed by atoms with E-state index in [2.05, 4.69) is 20.8 Å². The molecule has 0 saturated carbocycles. The Labute approximate surface area is 80.8 Å². The first-order chi connectivity index (χ1) is 5.88. The number of guanidine groups is 1. The third kappa shape index (κ3) is 3.25. The first-order valence-electron chi connectivity index (χ1n) is 4.97. The average Bonchev–Trinajstić information content (AvgIpc) is 2.31. The van der Waals surface area contributed by atoms with Crippen molar-refractivity contribution in [2.75, 3.05) is 13.1 Å². The molecule has 0 aromatic heterocycles. The van der Waals surface area contributed by atoms with Crippen LogP contribution in [-0.2, 0) is 0 Å². The zero-order valence-electron chi connectivity index (χ0n) is 8.93. The average molecular weight is 183 g/mol. The summed E-state index contributed by atoms with van der Waals surface area (Å²) in [6.45, 7) is 8.75. The second-order valence-corrected chi connectivity index (χ2v) is 5.25. The minimum Gasteiger partial charge on any atom is -0.370 e. The molecule has 0 aliphatic carbocycles. The Bertz CT molecular complexity index is 193. The van der Waals surface area contributed by atoms with Crippen LogP contribution in [-0.4, -0.2) is 23.9 Å². The van der Waals surface area contributed by atoms with Crippen molar-refractivity contribution in [2.24, 2.45) is 17.1 Å². The van der Waals surface area contributed by atoms with Gasteiger partial charge >= 0.3 is 0 Å². The molecule has 1 aliphatic heterocycles. The first kappa shape index (κ1) is 10.4. The molecule has 13 heavy (non-hydrogen) atoms. The lowest BCUT2D eigenvalue weighted by Crippen LogP contribution is -2.34. The van der Waals surface area contributed by atoms with Crippen LogP contribution in [0.2, 0.25) is 0 Å². The van der Waals surface area contributed by atoms with Gasteiger partial charge in [-0.3, -0.25) is 5.41 Å². The molecule has 3 nitrogen and oxygen atoms in total. The maximum atomic E-state index is 7.32. The van der Waals surface area contributed by atoms with Crippen molar-refractivity contribution in [2.45, 2.75) is 33.6 Å². The van der Waals surface area contributed by atoms with Crippen molar-refractivity contribution in [1.82, 2.24) is 4.90 Å². The summed E-state index contributed by atoms with van der Waals surface area (Å²) in [6.07, 6.45) is 2.42. The fourth-order valence-corrected chi connectivity index (χ4v) is 2.08. The Kier molecular flexibility index (Phi) is 2.84. The van der Waals surface area contributed by atoms with E-state index in [9.17, 15) is 0 Å². The van der Waals surface area contributed by atoms with E-state index in [4.69, 9.17) is 11.1 Å². The highest BCUT2D eigenvalue weighted by atomic mass is 15.2. The van der Waals surface area contributed by atoms with Gasteiger partial charge in [0.1, 0.15) is 0 Å². The van der Waals surface area contributed by atoms with Crippen molar-refractivity contribution in [3.05, 3.63) is 0 Å². The van der Waals surface area contributed by atoms with Crippen LogP contribution in [0.15, 0.2) is 0 Å². The highest BCUT2D eigenvalue weighted by Crippen LogP contribution is 2.29. The SMILES string of the molecule is CC(C)(C)CC1CCN(C(=N)N)C1. The standard InChI is InChI=1S/C10H21N3/c1-10(2,3)6-8-4-5-13(7-8)9(11)12/h8H,4-7H2,1-3H3,(H3,11,12). The highest BCUT2D eigenvalue weighted by molar-refractivity contribution is 5.74. The smallest absolute Gasteiger partial charge is 0.188 e. The maximum Gasteiger partial charge on any atom is 0.188 e. The van der Waals surface area contributed by atoms with Gasteiger partial charge in [0.15, 0.2) is 5.96 Å². The molecule has 1 unspecified atom stereocenters. The second kappa shape index (κ2) is 3.56. The second-order valence-electron chi connectivity index (χ2n) is 5.25. The van der Waals surface area contributed by atoms with Gasteiger partial charge in [-0.1, -0.05) is 20.8 Å². The largest absolute Gasteiger partial charge is 0.370 e. The number of hydrogen-bond acceptors (Lipinski definition) is 1. The molecule has 0 spiro atoms. The molecule has 0 radical (unpaired) electrons. The van der Waals surface area contributed by atoms with E-state index in [1.165, 1.54) is 12.8 Å². The first-order valence-corrected chi connectivity index (χ1v) is 4.97. The van der Waals surface area contributed by atoms with E-state index in [-0.39, 0.29) is 5.96 Å². The van der Waals surface area contributed by atoms with Crippen LogP contribution in [0, 0.1) is 16.7 Å². The highest BCUT2D eigenvalue weighted by Gasteiger charge is 2.26. The summed E-state index contributed by atoms with van der Waals surface area (Å²) in [6, 6.07) is 0. The minimum atomic E-state index is 0.233. The van der Waals surface area contributed by atoms with Crippen molar-refractivity contribution in [3.63, 3.8) is 0 Å². The van der Waals surface area contributed by atoms with Gasteiger partial charge < -0.3 is 10.6 Å². The third-order valence-electron chi connectivity index (χ3n) is 2.53. The van der Waals surface area contributed by atoms with E-state index < -0.39 is 0 Å². The number of nitrogens with one attached hydrogen (secondary N) is 1. The van der Waals surface area contributed by atoms with Gasteiger partial charge in [-0.2, -0.15) is 0 Å². The Balaban J connectivity index is 2.38. The monoisotopic (exact) mass is 183 g/mol. The van der Waals surface area contributed by atoms with Crippen LogP contribution in [0.4, 0.5) is 0 Å². The molecule has 0 aromatic carbocycles. The molecule has 3 heteroatoms. The molecule has 1 atom stereocenters. The lowest BCUT2D eigenvalue weighted by molar-refractivity contribution is 0.298. The third-order valence-corrected chi connectivity index (χ3v) is 2.53. The molecule has 76 valence electrons. The summed E-state index contributed by atoms with van der Waals surface area (Å²) in [5, 5.41) is 7.32. The molecule has 0 bridgehead atoms. The Morgan fingerprint density at radius 3 is 2.54 bits per heavy atom. The number of rotatable bonds is 1. The normalized spacial score (nSPS) is 23.6. The fraction of sp³-hybridized carbons (Fsp3) is 0.900. The molecular weight excluding hydrogens is 162 g/mol. The predicted molar refractivity (Wildman–Crippen MR) is 55.7 cm³/mol. The summed E-state index contributed by atoms with van der Waals surface area (Å²) in [4.78, 5) is 1.97. The topological polar surface area (TPSA) is 53.1 Å². The molecule has 1 heterocycles. The van der Waals surface area contributed by atoms with Gasteiger partial charge in [-0.15, -0.1) is 0 Å². The minimum absolute atomic E-state index is 0.233. The van der Waals surface area contributed by atoms with E-state index in [1.807, 2.05) is 4.90 Å². The lowest BCUT2D eigenvalue weighted by Gasteiger charge is -2.23. The number of nitrogens with zero attached hydrogens (tertiary/aromatic N) is 1. The summed E-state index contributed by atoms with van der Waals surface area (Å²) in [5.74, 6) is 0.959. The Morgan fingerprint density at radius 2 is 2.15 bits per heavy atom. The van der Waals surface area contributed by atoms with Gasteiger partial charge in [-0.05, 0) is 24.2 Å². The van der Waals surface area contributed by atoms with E-state index in [1.54, 1.807) is 0 Å². The van der Waals surface area contributed by atoms with Crippen LogP contribution in [0.5, 0.6) is 0 Å². The van der Waals surface area contributed by atoms with Gasteiger partial charge in [0.05, 0.1) is 0 Å². The van der Waals surface area contributed by atoms with Crippen molar-refractivity contribution >= 4 is 5.96 Å². The van der Waals surface area contributed by atoms with Crippen LogP contribution < -0.4 is 5.73 Å². The maximum absolute atomic E-state index is 7.32. The molecule has 1 aliphatic rings. The van der Waals surface area contributed by atoms with Crippen LogP contribution in [0.3, 0.4) is 0 Å².